The number of hydrogen-bond acceptors (Lipinski definition) is 3. The van der Waals surface area contributed by atoms with Crippen LogP contribution in [0.2, 0.25) is 0 Å². The highest BCUT2D eigenvalue weighted by Crippen LogP contribution is 2.30. The number of carbonyl (C=O) groups excluding carboxylic acids is 1. The molecule has 5 nitrogen and oxygen atoms in total. The van der Waals surface area contributed by atoms with Crippen molar-refractivity contribution in [3.05, 3.63) is 18.5 Å². The molecule has 2 bridgehead atoms. The summed E-state index contributed by atoms with van der Waals surface area (Å²) >= 11 is 0. The minimum atomic E-state index is 0.290. The summed E-state index contributed by atoms with van der Waals surface area (Å²) in [5.41, 5.74) is 0. The molecule has 1 aromatic heterocycles. The van der Waals surface area contributed by atoms with Gasteiger partial charge in [0, 0.05) is 50.0 Å². The first-order valence-corrected chi connectivity index (χ1v) is 8.29. The maximum Gasteiger partial charge on any atom is 0.224 e. The van der Waals surface area contributed by atoms with Crippen molar-refractivity contribution in [2.45, 2.75) is 70.1 Å². The molecule has 1 amide bonds. The van der Waals surface area contributed by atoms with Gasteiger partial charge in [0.15, 0.2) is 0 Å². The fraction of sp³-hybridized carbons (Fsp3) is 0.750. The number of rotatable bonds is 6. The Bertz CT molecular complexity index is 447. The monoisotopic (exact) mass is 290 g/mol. The average Bonchev–Trinajstić information content (AvgIpc) is 3.12. The van der Waals surface area contributed by atoms with Gasteiger partial charge < -0.3 is 10.2 Å². The molecule has 2 aliphatic rings. The Labute approximate surface area is 126 Å². The van der Waals surface area contributed by atoms with Crippen molar-refractivity contribution >= 4 is 5.91 Å². The number of aromatic nitrogens is 2. The second-order valence-electron chi connectivity index (χ2n) is 6.37. The summed E-state index contributed by atoms with van der Waals surface area (Å²) in [6, 6.07) is 3.60. The van der Waals surface area contributed by atoms with E-state index in [9.17, 15) is 4.79 Å². The minimum Gasteiger partial charge on any atom is -0.340 e. The Morgan fingerprint density at radius 2 is 2.14 bits per heavy atom. The van der Waals surface area contributed by atoms with E-state index < -0.39 is 0 Å². The summed E-state index contributed by atoms with van der Waals surface area (Å²) in [7, 11) is 0. The molecule has 0 aliphatic carbocycles. The normalized spacial score (nSPS) is 27.8. The third-order valence-corrected chi connectivity index (χ3v) is 4.79. The largest absolute Gasteiger partial charge is 0.340 e. The fourth-order valence-electron chi connectivity index (χ4n) is 3.82. The maximum absolute atomic E-state index is 12.6. The fourth-order valence-corrected chi connectivity index (χ4v) is 3.82. The minimum absolute atomic E-state index is 0.290. The van der Waals surface area contributed by atoms with Gasteiger partial charge in [-0.15, -0.1) is 0 Å². The van der Waals surface area contributed by atoms with Crippen LogP contribution >= 0.6 is 0 Å². The molecule has 3 rings (SSSR count). The first kappa shape index (κ1) is 14.6. The van der Waals surface area contributed by atoms with E-state index in [1.54, 1.807) is 6.20 Å². The molecule has 0 saturated carbocycles. The molecule has 21 heavy (non-hydrogen) atoms. The lowest BCUT2D eigenvalue weighted by molar-refractivity contribution is -0.134. The Kier molecular flexibility index (Phi) is 4.58. The van der Waals surface area contributed by atoms with E-state index >= 15 is 0 Å². The predicted molar refractivity (Wildman–Crippen MR) is 81.8 cm³/mol. The number of nitrogens with zero attached hydrogens (tertiary/aromatic N) is 3. The highest BCUT2D eigenvalue weighted by molar-refractivity contribution is 5.76. The Balaban J connectivity index is 1.59. The van der Waals surface area contributed by atoms with Gasteiger partial charge in [-0.2, -0.15) is 5.10 Å². The lowest BCUT2D eigenvalue weighted by Crippen LogP contribution is -2.50. The number of aryl methyl sites for hydroxylation is 1. The molecule has 2 atom stereocenters. The predicted octanol–water partition coefficient (Wildman–Crippen LogP) is 1.79. The lowest BCUT2D eigenvalue weighted by Gasteiger charge is -2.38. The highest BCUT2D eigenvalue weighted by Gasteiger charge is 2.37. The van der Waals surface area contributed by atoms with E-state index in [1.165, 1.54) is 12.8 Å². The molecule has 3 heterocycles. The van der Waals surface area contributed by atoms with Gasteiger partial charge >= 0.3 is 0 Å². The molecule has 1 N–H and O–H groups in total. The van der Waals surface area contributed by atoms with Gasteiger partial charge in [-0.1, -0.05) is 6.92 Å². The molecule has 0 aromatic carbocycles. The molecular formula is C16H26N4O. The number of piperidine rings is 1. The summed E-state index contributed by atoms with van der Waals surface area (Å²) < 4.78 is 1.84. The van der Waals surface area contributed by atoms with Gasteiger partial charge in [0.25, 0.3) is 0 Å². The van der Waals surface area contributed by atoms with Crippen molar-refractivity contribution in [2.24, 2.45) is 0 Å². The number of fused-ring (bicyclic) bond motifs is 2. The second kappa shape index (κ2) is 6.60. The zero-order valence-electron chi connectivity index (χ0n) is 12.9. The van der Waals surface area contributed by atoms with Crippen molar-refractivity contribution < 1.29 is 4.79 Å². The molecule has 0 spiro atoms. The Hall–Kier alpha value is -1.36. The Morgan fingerprint density at radius 3 is 2.76 bits per heavy atom. The quantitative estimate of drug-likeness (QED) is 0.869. The lowest BCUT2D eigenvalue weighted by atomic mass is 9.97. The SMILES string of the molecule is CCCN(C(=O)CCn1cccn1)C1CC2CCC(C1)N2. The van der Waals surface area contributed by atoms with Crippen molar-refractivity contribution in [1.82, 2.24) is 20.0 Å². The zero-order valence-corrected chi connectivity index (χ0v) is 12.9. The Morgan fingerprint density at radius 1 is 1.38 bits per heavy atom. The average molecular weight is 290 g/mol. The van der Waals surface area contributed by atoms with E-state index in [0.29, 0.717) is 37.0 Å². The van der Waals surface area contributed by atoms with Gasteiger partial charge in [0.1, 0.15) is 0 Å². The molecular weight excluding hydrogens is 264 g/mol. The van der Waals surface area contributed by atoms with Crippen LogP contribution in [0.5, 0.6) is 0 Å². The van der Waals surface area contributed by atoms with Crippen LogP contribution in [-0.4, -0.2) is 45.3 Å². The third-order valence-electron chi connectivity index (χ3n) is 4.79. The summed E-state index contributed by atoms with van der Waals surface area (Å²) in [5.74, 6) is 0.290. The van der Waals surface area contributed by atoms with E-state index in [4.69, 9.17) is 0 Å². The van der Waals surface area contributed by atoms with Crippen LogP contribution in [0.4, 0.5) is 0 Å². The van der Waals surface area contributed by atoms with Gasteiger partial charge in [-0.25, -0.2) is 0 Å². The third kappa shape index (κ3) is 3.46. The summed E-state index contributed by atoms with van der Waals surface area (Å²) in [4.78, 5) is 14.8. The number of hydrogen-bond donors (Lipinski definition) is 1. The molecule has 5 heteroatoms. The first-order chi connectivity index (χ1) is 10.3. The van der Waals surface area contributed by atoms with Crippen LogP contribution < -0.4 is 5.32 Å². The van der Waals surface area contributed by atoms with Gasteiger partial charge in [0.2, 0.25) is 5.91 Å². The van der Waals surface area contributed by atoms with Crippen LogP contribution in [0.1, 0.15) is 45.4 Å². The van der Waals surface area contributed by atoms with Crippen molar-refractivity contribution in [3.63, 3.8) is 0 Å². The highest BCUT2D eigenvalue weighted by atomic mass is 16.2. The van der Waals surface area contributed by atoms with E-state index in [1.807, 2.05) is 16.9 Å². The van der Waals surface area contributed by atoms with Crippen molar-refractivity contribution in [3.8, 4) is 0 Å². The molecule has 1 aromatic rings. The summed E-state index contributed by atoms with van der Waals surface area (Å²) in [6.07, 6.45) is 10.1. The molecule has 116 valence electrons. The van der Waals surface area contributed by atoms with E-state index in [0.717, 1.165) is 25.8 Å². The number of carbonyl (C=O) groups is 1. The summed E-state index contributed by atoms with van der Waals surface area (Å²) in [6.45, 7) is 3.73. The van der Waals surface area contributed by atoms with Crippen molar-refractivity contribution in [1.29, 1.82) is 0 Å². The summed E-state index contributed by atoms with van der Waals surface area (Å²) in [5, 5.41) is 7.83. The standard InChI is InChI=1S/C16H26N4O/c1-2-8-20(15-11-13-4-5-14(12-15)18-13)16(21)6-10-19-9-3-7-17-19/h3,7,9,13-15,18H,2,4-6,8,10-12H2,1H3. The molecule has 2 aliphatic heterocycles. The molecule has 2 fully saturated rings. The molecule has 2 unspecified atom stereocenters. The number of amides is 1. The smallest absolute Gasteiger partial charge is 0.224 e. The maximum atomic E-state index is 12.6. The van der Waals surface area contributed by atoms with Gasteiger partial charge in [-0.3, -0.25) is 9.48 Å². The van der Waals surface area contributed by atoms with E-state index in [-0.39, 0.29) is 0 Å². The van der Waals surface area contributed by atoms with Gasteiger partial charge in [-0.05, 0) is 38.2 Å². The van der Waals surface area contributed by atoms with Crippen LogP contribution in [0.25, 0.3) is 0 Å². The number of nitrogens with one attached hydrogen (secondary N) is 1. The van der Waals surface area contributed by atoms with Gasteiger partial charge in [0.05, 0.1) is 0 Å². The van der Waals surface area contributed by atoms with Crippen LogP contribution in [-0.2, 0) is 11.3 Å². The molecule has 0 radical (unpaired) electrons. The first-order valence-electron chi connectivity index (χ1n) is 8.29. The second-order valence-corrected chi connectivity index (χ2v) is 6.37. The topological polar surface area (TPSA) is 50.2 Å². The van der Waals surface area contributed by atoms with Crippen LogP contribution in [0, 0.1) is 0 Å². The zero-order chi connectivity index (χ0) is 14.7. The van der Waals surface area contributed by atoms with E-state index in [2.05, 4.69) is 22.2 Å². The van der Waals surface area contributed by atoms with Crippen molar-refractivity contribution in [2.75, 3.05) is 6.54 Å². The molecule has 2 saturated heterocycles. The van der Waals surface area contributed by atoms with Crippen LogP contribution in [0.3, 0.4) is 0 Å². The van der Waals surface area contributed by atoms with Crippen LogP contribution in [0.15, 0.2) is 18.5 Å².